The van der Waals surface area contributed by atoms with Gasteiger partial charge in [0.2, 0.25) is 0 Å². The molecular weight excluding hydrogens is 680 g/mol. The molecule has 0 amide bonds. The molecule has 0 unspecified atom stereocenters. The Bertz CT molecular complexity index is 2950. The Hall–Kier alpha value is -6.59. The van der Waals surface area contributed by atoms with Crippen LogP contribution in [0.3, 0.4) is 0 Å². The zero-order valence-electron chi connectivity index (χ0n) is 30.2. The quantitative estimate of drug-likeness (QED) is 0.119. The third kappa shape index (κ3) is 5.33. The summed E-state index contributed by atoms with van der Waals surface area (Å²) in [5.74, 6) is 0. The van der Waals surface area contributed by atoms with E-state index in [0.29, 0.717) is 0 Å². The van der Waals surface area contributed by atoms with E-state index < -0.39 is 7.92 Å². The minimum Gasteiger partial charge on any atom is -0.0622 e. The van der Waals surface area contributed by atoms with Crippen LogP contribution in [0.1, 0.15) is 0 Å². The van der Waals surface area contributed by atoms with E-state index in [0.717, 1.165) is 0 Å². The van der Waals surface area contributed by atoms with Crippen molar-refractivity contribution >= 4 is 56.2 Å². The van der Waals surface area contributed by atoms with Crippen LogP contribution in [0, 0.1) is 0 Å². The summed E-state index contributed by atoms with van der Waals surface area (Å²) in [5, 5.41) is 12.0. The molecule has 0 atom stereocenters. The molecule has 0 bridgehead atoms. The van der Waals surface area contributed by atoms with E-state index in [2.05, 4.69) is 212 Å². The minimum atomic E-state index is -0.798. The average molecular weight is 715 g/mol. The summed E-state index contributed by atoms with van der Waals surface area (Å²) in [7, 11) is -0.798. The van der Waals surface area contributed by atoms with Crippen molar-refractivity contribution in [3.05, 3.63) is 212 Å². The van der Waals surface area contributed by atoms with Crippen LogP contribution in [-0.4, -0.2) is 0 Å². The largest absolute Gasteiger partial charge is 0.0622 e. The molecule has 1 aliphatic rings. The maximum atomic E-state index is 2.44. The SMILES string of the molecule is c1ccc(-c2ccc(P(c3ccc(-c4ccccc4)cc3)c3ccc(-c4cc5cc6c7c(cccc7c5c5ccccc45)-c4ccccc4-6)cc3)cc2)cc1. The highest BCUT2D eigenvalue weighted by Crippen LogP contribution is 2.51. The molecule has 55 heavy (non-hydrogen) atoms. The van der Waals surface area contributed by atoms with Crippen LogP contribution >= 0.6 is 7.92 Å². The molecular formula is C54H35P. The molecule has 0 radical (unpaired) electrons. The minimum absolute atomic E-state index is 0.798. The van der Waals surface area contributed by atoms with Gasteiger partial charge in [0.15, 0.2) is 0 Å². The van der Waals surface area contributed by atoms with Gasteiger partial charge in [-0.3, -0.25) is 0 Å². The first-order valence-corrected chi connectivity index (χ1v) is 20.4. The maximum absolute atomic E-state index is 2.44. The molecule has 1 aliphatic carbocycles. The second-order valence-electron chi connectivity index (χ2n) is 14.5. The van der Waals surface area contributed by atoms with Crippen molar-refractivity contribution in [1.29, 1.82) is 0 Å². The van der Waals surface area contributed by atoms with Crippen LogP contribution in [0.4, 0.5) is 0 Å². The van der Waals surface area contributed by atoms with Gasteiger partial charge in [-0.25, -0.2) is 0 Å². The zero-order chi connectivity index (χ0) is 36.3. The standard InChI is InChI=1S/C54H35P/c1-3-12-36(13-4-1)38-22-28-42(29-23-38)55(43-30-24-39(25-31-43)37-14-5-2-6-15-37)44-32-26-40(27-33-44)51-34-41-35-52-46-17-8-7-16-45(46)49-20-11-21-50(54(49)52)53(41)48-19-10-9-18-47(48)51/h1-35H. The van der Waals surface area contributed by atoms with E-state index in [1.54, 1.807) is 0 Å². The summed E-state index contributed by atoms with van der Waals surface area (Å²) >= 11 is 0. The fraction of sp³-hybridized carbons (Fsp3) is 0. The molecule has 0 spiro atoms. The lowest BCUT2D eigenvalue weighted by Gasteiger charge is -2.21. The number of hydrogen-bond donors (Lipinski definition) is 0. The lowest BCUT2D eigenvalue weighted by molar-refractivity contribution is 1.63. The van der Waals surface area contributed by atoms with Crippen molar-refractivity contribution in [2.75, 3.05) is 0 Å². The number of fused-ring (bicyclic) bond motifs is 7. The van der Waals surface area contributed by atoms with E-state index >= 15 is 0 Å². The van der Waals surface area contributed by atoms with E-state index in [1.165, 1.54) is 104 Å². The molecule has 10 aromatic carbocycles. The third-order valence-electron chi connectivity index (χ3n) is 11.4. The Morgan fingerprint density at radius 3 is 1.24 bits per heavy atom. The van der Waals surface area contributed by atoms with Gasteiger partial charge in [-0.1, -0.05) is 200 Å². The molecule has 1 heteroatoms. The Labute approximate surface area is 322 Å². The first-order chi connectivity index (χ1) is 27.3. The molecule has 11 rings (SSSR count). The summed E-state index contributed by atoms with van der Waals surface area (Å²) in [6, 6.07) is 78.8. The Morgan fingerprint density at radius 1 is 0.236 bits per heavy atom. The number of hydrogen-bond acceptors (Lipinski definition) is 0. The van der Waals surface area contributed by atoms with E-state index in [4.69, 9.17) is 0 Å². The van der Waals surface area contributed by atoms with Crippen LogP contribution < -0.4 is 15.9 Å². The van der Waals surface area contributed by atoms with Crippen LogP contribution in [-0.2, 0) is 0 Å². The average Bonchev–Trinajstić information content (AvgIpc) is 3.59. The van der Waals surface area contributed by atoms with Gasteiger partial charge in [0.05, 0.1) is 0 Å². The van der Waals surface area contributed by atoms with Crippen molar-refractivity contribution in [1.82, 2.24) is 0 Å². The van der Waals surface area contributed by atoms with Crippen molar-refractivity contribution < 1.29 is 0 Å². The van der Waals surface area contributed by atoms with Crippen LogP contribution in [0.5, 0.6) is 0 Å². The van der Waals surface area contributed by atoms with Gasteiger partial charge in [0.25, 0.3) is 0 Å². The first-order valence-electron chi connectivity index (χ1n) is 19.0. The molecule has 0 nitrogen and oxygen atoms in total. The van der Waals surface area contributed by atoms with Gasteiger partial charge < -0.3 is 0 Å². The highest BCUT2D eigenvalue weighted by molar-refractivity contribution is 7.79. The Balaban J connectivity index is 1.04. The lowest BCUT2D eigenvalue weighted by atomic mass is 9.89. The van der Waals surface area contributed by atoms with Gasteiger partial charge in [-0.15, -0.1) is 0 Å². The smallest absolute Gasteiger partial charge is 0.00197 e. The van der Waals surface area contributed by atoms with Gasteiger partial charge in [-0.2, -0.15) is 0 Å². The molecule has 0 saturated heterocycles. The van der Waals surface area contributed by atoms with Crippen molar-refractivity contribution in [2.45, 2.75) is 0 Å². The summed E-state index contributed by atoms with van der Waals surface area (Å²) in [6.07, 6.45) is 0. The van der Waals surface area contributed by atoms with Crippen LogP contribution in [0.2, 0.25) is 0 Å². The topological polar surface area (TPSA) is 0 Å². The molecule has 0 aliphatic heterocycles. The normalized spacial score (nSPS) is 11.8. The highest BCUT2D eigenvalue weighted by atomic mass is 31.1. The Kier molecular flexibility index (Phi) is 7.58. The first kappa shape index (κ1) is 31.9. The van der Waals surface area contributed by atoms with Crippen LogP contribution in [0.25, 0.3) is 88.0 Å². The Morgan fingerprint density at radius 2 is 0.655 bits per heavy atom. The van der Waals surface area contributed by atoms with E-state index in [1.807, 2.05) is 0 Å². The van der Waals surface area contributed by atoms with Crippen molar-refractivity contribution in [2.24, 2.45) is 0 Å². The fourth-order valence-electron chi connectivity index (χ4n) is 8.82. The summed E-state index contributed by atoms with van der Waals surface area (Å²) in [4.78, 5) is 0. The van der Waals surface area contributed by atoms with E-state index in [-0.39, 0.29) is 0 Å². The van der Waals surface area contributed by atoms with Crippen molar-refractivity contribution in [3.8, 4) is 55.6 Å². The summed E-state index contributed by atoms with van der Waals surface area (Å²) in [5.41, 5.74) is 12.8. The molecule has 0 aromatic heterocycles. The van der Waals surface area contributed by atoms with Gasteiger partial charge in [0, 0.05) is 0 Å². The fourth-order valence-corrected chi connectivity index (χ4v) is 11.1. The monoisotopic (exact) mass is 714 g/mol. The van der Waals surface area contributed by atoms with Gasteiger partial charge in [-0.05, 0) is 124 Å². The summed E-state index contributed by atoms with van der Waals surface area (Å²) in [6.45, 7) is 0. The predicted molar refractivity (Wildman–Crippen MR) is 238 cm³/mol. The molecule has 0 saturated carbocycles. The van der Waals surface area contributed by atoms with Crippen LogP contribution in [0.15, 0.2) is 212 Å². The lowest BCUT2D eigenvalue weighted by Crippen LogP contribution is -2.20. The van der Waals surface area contributed by atoms with Gasteiger partial charge in [0.1, 0.15) is 0 Å². The predicted octanol–water partition coefficient (Wildman–Crippen LogP) is 13.6. The molecule has 0 N–H and O–H groups in total. The van der Waals surface area contributed by atoms with Crippen molar-refractivity contribution in [3.63, 3.8) is 0 Å². The molecule has 10 aromatic rings. The molecule has 0 heterocycles. The van der Waals surface area contributed by atoms with E-state index in [9.17, 15) is 0 Å². The second-order valence-corrected chi connectivity index (χ2v) is 16.7. The number of rotatable bonds is 6. The third-order valence-corrected chi connectivity index (χ3v) is 13.8. The zero-order valence-corrected chi connectivity index (χ0v) is 31.0. The molecule has 0 fully saturated rings. The maximum Gasteiger partial charge on any atom is -0.00197 e. The number of benzene rings is 10. The highest BCUT2D eigenvalue weighted by Gasteiger charge is 2.24. The van der Waals surface area contributed by atoms with Gasteiger partial charge >= 0.3 is 0 Å². The second kappa shape index (κ2) is 13.1. The summed E-state index contributed by atoms with van der Waals surface area (Å²) < 4.78 is 0. The molecule has 256 valence electrons.